The molecule has 5 nitrogen and oxygen atoms in total. The summed E-state index contributed by atoms with van der Waals surface area (Å²) >= 11 is 0. The molecule has 1 fully saturated rings. The summed E-state index contributed by atoms with van der Waals surface area (Å²) in [5, 5.41) is 2.65. The van der Waals surface area contributed by atoms with Crippen LogP contribution >= 0.6 is 0 Å². The molecule has 6 heteroatoms. The SMILES string of the molecule is O=C1CCC(COS(=O)(=O)c2ccccc2)N1. The topological polar surface area (TPSA) is 72.5 Å². The van der Waals surface area contributed by atoms with E-state index in [1.807, 2.05) is 0 Å². The molecule has 1 heterocycles. The average Bonchev–Trinajstić information content (AvgIpc) is 2.74. The summed E-state index contributed by atoms with van der Waals surface area (Å²) in [5.41, 5.74) is 0. The first-order valence-electron chi connectivity index (χ1n) is 5.32. The molecule has 1 aliphatic rings. The van der Waals surface area contributed by atoms with Gasteiger partial charge in [-0.15, -0.1) is 0 Å². The summed E-state index contributed by atoms with van der Waals surface area (Å²) in [6.07, 6.45) is 1.04. The summed E-state index contributed by atoms with van der Waals surface area (Å²) in [6.45, 7) is -0.0109. The molecule has 1 atom stereocenters. The first kappa shape index (κ1) is 12.1. The molecule has 1 aliphatic heterocycles. The second-order valence-corrected chi connectivity index (χ2v) is 5.47. The minimum absolute atomic E-state index is 0.0109. The molecule has 17 heavy (non-hydrogen) atoms. The standard InChI is InChI=1S/C11H13NO4S/c13-11-7-6-9(12-11)8-16-17(14,15)10-4-2-1-3-5-10/h1-5,9H,6-8H2,(H,12,13). The fraction of sp³-hybridized carbons (Fsp3) is 0.364. The third-order valence-electron chi connectivity index (χ3n) is 2.54. The molecule has 1 aromatic rings. The Morgan fingerprint density at radius 1 is 1.29 bits per heavy atom. The second kappa shape index (κ2) is 4.85. The number of benzene rings is 1. The van der Waals surface area contributed by atoms with Crippen molar-refractivity contribution < 1.29 is 17.4 Å². The minimum atomic E-state index is -3.72. The first-order chi connectivity index (χ1) is 8.08. The molecular formula is C11H13NO4S. The highest BCUT2D eigenvalue weighted by Gasteiger charge is 2.24. The molecule has 2 rings (SSSR count). The average molecular weight is 255 g/mol. The maximum absolute atomic E-state index is 11.7. The van der Waals surface area contributed by atoms with Gasteiger partial charge in [-0.2, -0.15) is 8.42 Å². The number of hydrogen-bond acceptors (Lipinski definition) is 4. The zero-order chi connectivity index (χ0) is 12.3. The lowest BCUT2D eigenvalue weighted by Gasteiger charge is -2.10. The lowest BCUT2D eigenvalue weighted by atomic mass is 10.2. The van der Waals surface area contributed by atoms with Crippen LogP contribution in [0.5, 0.6) is 0 Å². The van der Waals surface area contributed by atoms with Crippen LogP contribution in [0.1, 0.15) is 12.8 Å². The van der Waals surface area contributed by atoms with Gasteiger partial charge in [0.25, 0.3) is 10.1 Å². The van der Waals surface area contributed by atoms with Crippen molar-refractivity contribution in [3.8, 4) is 0 Å². The number of hydrogen-bond donors (Lipinski definition) is 1. The summed E-state index contributed by atoms with van der Waals surface area (Å²) in [6, 6.07) is 7.74. The van der Waals surface area contributed by atoms with E-state index in [0.717, 1.165) is 0 Å². The van der Waals surface area contributed by atoms with Gasteiger partial charge in [-0.3, -0.25) is 8.98 Å². The van der Waals surface area contributed by atoms with Crippen molar-refractivity contribution in [1.29, 1.82) is 0 Å². The molecule has 1 amide bonds. The number of carbonyl (C=O) groups excluding carboxylic acids is 1. The molecule has 0 spiro atoms. The molecule has 92 valence electrons. The fourth-order valence-electron chi connectivity index (χ4n) is 1.63. The van der Waals surface area contributed by atoms with E-state index in [9.17, 15) is 13.2 Å². The summed E-state index contributed by atoms with van der Waals surface area (Å²) < 4.78 is 28.4. The van der Waals surface area contributed by atoms with Crippen LogP contribution < -0.4 is 5.32 Å². The molecule has 0 saturated carbocycles. The number of amides is 1. The van der Waals surface area contributed by atoms with Gasteiger partial charge in [0.1, 0.15) is 0 Å². The quantitative estimate of drug-likeness (QED) is 0.803. The molecule has 1 aromatic carbocycles. The molecule has 1 N–H and O–H groups in total. The number of carbonyl (C=O) groups is 1. The predicted octanol–water partition coefficient (Wildman–Crippen LogP) is 0.671. The van der Waals surface area contributed by atoms with Crippen molar-refractivity contribution in [2.45, 2.75) is 23.8 Å². The molecular weight excluding hydrogens is 242 g/mol. The Hall–Kier alpha value is -1.40. The predicted molar refractivity (Wildman–Crippen MR) is 60.7 cm³/mol. The monoisotopic (exact) mass is 255 g/mol. The van der Waals surface area contributed by atoms with E-state index in [4.69, 9.17) is 4.18 Å². The lowest BCUT2D eigenvalue weighted by Crippen LogP contribution is -2.30. The summed E-state index contributed by atoms with van der Waals surface area (Å²) in [7, 11) is -3.72. The van der Waals surface area contributed by atoms with Crippen LogP contribution in [-0.2, 0) is 19.1 Å². The van der Waals surface area contributed by atoms with Crippen LogP contribution in [0.4, 0.5) is 0 Å². The first-order valence-corrected chi connectivity index (χ1v) is 6.72. The third-order valence-corrected chi connectivity index (χ3v) is 3.84. The van der Waals surface area contributed by atoms with Gasteiger partial charge in [-0.05, 0) is 18.6 Å². The van der Waals surface area contributed by atoms with E-state index < -0.39 is 10.1 Å². The van der Waals surface area contributed by atoms with Crippen LogP contribution in [-0.4, -0.2) is 27.0 Å². The van der Waals surface area contributed by atoms with E-state index in [1.54, 1.807) is 18.2 Å². The largest absolute Gasteiger partial charge is 0.351 e. The maximum atomic E-state index is 11.7. The minimum Gasteiger partial charge on any atom is -0.351 e. The highest BCUT2D eigenvalue weighted by atomic mass is 32.2. The molecule has 1 unspecified atom stereocenters. The molecule has 0 bridgehead atoms. The maximum Gasteiger partial charge on any atom is 0.297 e. The van der Waals surface area contributed by atoms with Crippen molar-refractivity contribution in [2.24, 2.45) is 0 Å². The van der Waals surface area contributed by atoms with Crippen LogP contribution in [0, 0.1) is 0 Å². The smallest absolute Gasteiger partial charge is 0.297 e. The third kappa shape index (κ3) is 3.04. The van der Waals surface area contributed by atoms with E-state index >= 15 is 0 Å². The molecule has 0 aliphatic carbocycles. The van der Waals surface area contributed by atoms with Gasteiger partial charge in [0.15, 0.2) is 0 Å². The number of nitrogens with one attached hydrogen (secondary N) is 1. The molecule has 0 radical (unpaired) electrons. The van der Waals surface area contributed by atoms with Crippen LogP contribution in [0.2, 0.25) is 0 Å². The van der Waals surface area contributed by atoms with Crippen LogP contribution in [0.15, 0.2) is 35.2 Å². The zero-order valence-corrected chi connectivity index (χ0v) is 9.94. The van der Waals surface area contributed by atoms with Gasteiger partial charge < -0.3 is 5.32 Å². The van der Waals surface area contributed by atoms with E-state index in [2.05, 4.69) is 5.32 Å². The van der Waals surface area contributed by atoms with Gasteiger partial charge in [-0.25, -0.2) is 0 Å². The summed E-state index contributed by atoms with van der Waals surface area (Å²) in [5.74, 6) is -0.0595. The van der Waals surface area contributed by atoms with E-state index in [-0.39, 0.29) is 23.5 Å². The van der Waals surface area contributed by atoms with E-state index in [1.165, 1.54) is 12.1 Å². The van der Waals surface area contributed by atoms with Crippen LogP contribution in [0.25, 0.3) is 0 Å². The molecule has 0 aromatic heterocycles. The normalized spacial score (nSPS) is 20.2. The highest BCUT2D eigenvalue weighted by Crippen LogP contribution is 2.14. The van der Waals surface area contributed by atoms with E-state index in [0.29, 0.717) is 12.8 Å². The second-order valence-electron chi connectivity index (χ2n) is 3.85. The van der Waals surface area contributed by atoms with Crippen molar-refractivity contribution in [3.05, 3.63) is 30.3 Å². The Balaban J connectivity index is 1.97. The highest BCUT2D eigenvalue weighted by molar-refractivity contribution is 7.86. The lowest BCUT2D eigenvalue weighted by molar-refractivity contribution is -0.119. The summed E-state index contributed by atoms with van der Waals surface area (Å²) in [4.78, 5) is 11.1. The Kier molecular flexibility index (Phi) is 3.44. The van der Waals surface area contributed by atoms with Gasteiger partial charge >= 0.3 is 0 Å². The van der Waals surface area contributed by atoms with Gasteiger partial charge in [0.2, 0.25) is 5.91 Å². The number of rotatable bonds is 4. The van der Waals surface area contributed by atoms with Gasteiger partial charge in [0.05, 0.1) is 17.5 Å². The van der Waals surface area contributed by atoms with Gasteiger partial charge in [-0.1, -0.05) is 18.2 Å². The Bertz CT molecular complexity index is 497. The Labute approximate surface area is 99.9 Å². The van der Waals surface area contributed by atoms with Crippen molar-refractivity contribution in [2.75, 3.05) is 6.61 Å². The van der Waals surface area contributed by atoms with Gasteiger partial charge in [0, 0.05) is 6.42 Å². The Morgan fingerprint density at radius 3 is 2.59 bits per heavy atom. The zero-order valence-electron chi connectivity index (χ0n) is 9.13. The van der Waals surface area contributed by atoms with Crippen LogP contribution in [0.3, 0.4) is 0 Å². The van der Waals surface area contributed by atoms with Crippen molar-refractivity contribution in [1.82, 2.24) is 5.32 Å². The van der Waals surface area contributed by atoms with Crippen molar-refractivity contribution in [3.63, 3.8) is 0 Å². The molecule has 1 saturated heterocycles. The van der Waals surface area contributed by atoms with Crippen molar-refractivity contribution >= 4 is 16.0 Å². The fourth-order valence-corrected chi connectivity index (χ4v) is 2.60. The Morgan fingerprint density at radius 2 is 2.00 bits per heavy atom.